The average Bonchev–Trinajstić information content (AvgIpc) is 2.84. The number of hydrogen-bond acceptors (Lipinski definition) is 5. The Bertz CT molecular complexity index is 526. The average molecular weight is 295 g/mol. The zero-order valence-corrected chi connectivity index (χ0v) is 13.4. The first-order valence-electron chi connectivity index (χ1n) is 7.36. The minimum Gasteiger partial charge on any atom is -0.444 e. The Morgan fingerprint density at radius 3 is 2.81 bits per heavy atom. The number of ether oxygens (including phenoxy) is 1. The van der Waals surface area contributed by atoms with Crippen molar-refractivity contribution in [3.8, 4) is 0 Å². The minimum absolute atomic E-state index is 0.0116. The van der Waals surface area contributed by atoms with Crippen LogP contribution in [-0.2, 0) is 9.53 Å². The van der Waals surface area contributed by atoms with Gasteiger partial charge in [-0.15, -0.1) is 0 Å². The molecule has 1 saturated carbocycles. The molecule has 6 heteroatoms. The summed E-state index contributed by atoms with van der Waals surface area (Å²) in [5, 5.41) is 2.89. The molecule has 1 aliphatic carbocycles. The number of amides is 1. The van der Waals surface area contributed by atoms with Crippen molar-refractivity contribution in [2.75, 3.05) is 6.61 Å². The molecule has 3 N–H and O–H groups in total. The van der Waals surface area contributed by atoms with Crippen molar-refractivity contribution in [3.63, 3.8) is 0 Å². The van der Waals surface area contributed by atoms with Crippen LogP contribution in [0, 0.1) is 12.3 Å². The number of aryl methyl sites for hydroxylation is 1. The molecular formula is C15H25N3O3. The lowest BCUT2D eigenvalue weighted by Crippen LogP contribution is -2.75. The van der Waals surface area contributed by atoms with Gasteiger partial charge in [-0.1, -0.05) is 13.8 Å². The van der Waals surface area contributed by atoms with Gasteiger partial charge in [0, 0.05) is 18.4 Å². The summed E-state index contributed by atoms with van der Waals surface area (Å²) < 4.78 is 11.1. The molecule has 118 valence electrons. The second-order valence-electron chi connectivity index (χ2n) is 6.35. The molecule has 0 bridgehead atoms. The predicted molar refractivity (Wildman–Crippen MR) is 78.5 cm³/mol. The van der Waals surface area contributed by atoms with Gasteiger partial charge >= 0.3 is 0 Å². The van der Waals surface area contributed by atoms with Crippen molar-refractivity contribution >= 4 is 5.91 Å². The van der Waals surface area contributed by atoms with Gasteiger partial charge in [-0.3, -0.25) is 4.79 Å². The van der Waals surface area contributed by atoms with Crippen LogP contribution in [0.3, 0.4) is 0 Å². The van der Waals surface area contributed by atoms with Crippen LogP contribution in [0.5, 0.6) is 0 Å². The van der Waals surface area contributed by atoms with E-state index >= 15 is 0 Å². The lowest BCUT2D eigenvalue weighted by atomic mass is 9.54. The van der Waals surface area contributed by atoms with Gasteiger partial charge in [-0.05, 0) is 20.8 Å². The van der Waals surface area contributed by atoms with Crippen molar-refractivity contribution in [2.24, 2.45) is 11.1 Å². The number of hydrogen-bond donors (Lipinski definition) is 2. The van der Waals surface area contributed by atoms with E-state index in [9.17, 15) is 4.79 Å². The maximum atomic E-state index is 12.5. The Morgan fingerprint density at radius 2 is 2.33 bits per heavy atom. The van der Waals surface area contributed by atoms with Crippen LogP contribution < -0.4 is 11.1 Å². The molecule has 1 aromatic heterocycles. The number of aromatic nitrogens is 1. The summed E-state index contributed by atoms with van der Waals surface area (Å²) in [6.45, 7) is 10.2. The number of nitrogens with two attached hydrogens (primary N) is 1. The highest BCUT2D eigenvalue weighted by Crippen LogP contribution is 2.50. The SMILES string of the molecule is CCOC1CC(N)(C(=O)NC(C)c2ncc(C)o2)C1(C)C. The first-order chi connectivity index (χ1) is 9.72. The molecule has 0 aromatic carbocycles. The van der Waals surface area contributed by atoms with Gasteiger partial charge in [0.1, 0.15) is 17.3 Å². The van der Waals surface area contributed by atoms with Crippen molar-refractivity contribution in [1.29, 1.82) is 0 Å². The third-order valence-corrected chi connectivity index (χ3v) is 4.59. The van der Waals surface area contributed by atoms with Gasteiger partial charge in [-0.25, -0.2) is 4.98 Å². The van der Waals surface area contributed by atoms with Gasteiger partial charge in [0.15, 0.2) is 0 Å². The third-order valence-electron chi connectivity index (χ3n) is 4.59. The third kappa shape index (κ3) is 2.58. The van der Waals surface area contributed by atoms with Crippen molar-refractivity contribution in [1.82, 2.24) is 10.3 Å². The van der Waals surface area contributed by atoms with Crippen LogP contribution in [0.1, 0.15) is 51.8 Å². The lowest BCUT2D eigenvalue weighted by molar-refractivity contribution is -0.171. The lowest BCUT2D eigenvalue weighted by Gasteiger charge is -2.57. The van der Waals surface area contributed by atoms with Crippen molar-refractivity contribution in [2.45, 2.75) is 58.7 Å². The summed E-state index contributed by atoms with van der Waals surface area (Å²) >= 11 is 0. The molecule has 2 rings (SSSR count). The zero-order valence-electron chi connectivity index (χ0n) is 13.4. The number of nitrogens with one attached hydrogen (secondary N) is 1. The summed E-state index contributed by atoms with van der Waals surface area (Å²) in [5.74, 6) is 1.02. The quantitative estimate of drug-likeness (QED) is 0.862. The molecule has 1 aromatic rings. The largest absolute Gasteiger partial charge is 0.444 e. The minimum atomic E-state index is -0.928. The number of nitrogens with zero attached hydrogens (tertiary/aromatic N) is 1. The molecule has 1 heterocycles. The normalized spacial score (nSPS) is 28.8. The molecule has 0 radical (unpaired) electrons. The van der Waals surface area contributed by atoms with Crippen LogP contribution in [0.25, 0.3) is 0 Å². The summed E-state index contributed by atoms with van der Waals surface area (Å²) in [6.07, 6.45) is 2.17. The van der Waals surface area contributed by atoms with E-state index in [2.05, 4.69) is 10.3 Å². The van der Waals surface area contributed by atoms with Gasteiger partial charge in [0.25, 0.3) is 0 Å². The summed E-state index contributed by atoms with van der Waals surface area (Å²) in [5.41, 5.74) is 5.00. The molecule has 6 nitrogen and oxygen atoms in total. The van der Waals surface area contributed by atoms with Crippen molar-refractivity contribution in [3.05, 3.63) is 17.8 Å². The molecule has 0 saturated heterocycles. The molecule has 21 heavy (non-hydrogen) atoms. The Labute approximate surface area is 125 Å². The number of carbonyl (C=O) groups excluding carboxylic acids is 1. The Hall–Kier alpha value is -1.40. The number of carbonyl (C=O) groups is 1. The fourth-order valence-electron chi connectivity index (χ4n) is 2.78. The van der Waals surface area contributed by atoms with Crippen LogP contribution in [0.4, 0.5) is 0 Å². The Kier molecular flexibility index (Phi) is 4.13. The standard InChI is InChI=1S/C15H25N3O3/c1-6-20-11-7-15(16,14(11,4)5)13(19)18-10(3)12-17-8-9(2)21-12/h8,10-11H,6-7,16H2,1-5H3,(H,18,19). The van der Waals surface area contributed by atoms with E-state index in [1.807, 2.05) is 34.6 Å². The second-order valence-corrected chi connectivity index (χ2v) is 6.35. The van der Waals surface area contributed by atoms with Crippen molar-refractivity contribution < 1.29 is 13.9 Å². The zero-order chi connectivity index (χ0) is 15.8. The van der Waals surface area contributed by atoms with E-state index in [1.165, 1.54) is 0 Å². The highest BCUT2D eigenvalue weighted by molar-refractivity contribution is 5.89. The molecule has 1 fully saturated rings. The highest BCUT2D eigenvalue weighted by atomic mass is 16.5. The smallest absolute Gasteiger partial charge is 0.241 e. The fraction of sp³-hybridized carbons (Fsp3) is 0.733. The fourth-order valence-corrected chi connectivity index (χ4v) is 2.78. The first-order valence-corrected chi connectivity index (χ1v) is 7.36. The molecule has 1 aliphatic rings. The Morgan fingerprint density at radius 1 is 1.67 bits per heavy atom. The topological polar surface area (TPSA) is 90.4 Å². The van der Waals surface area contributed by atoms with E-state index in [0.717, 1.165) is 0 Å². The van der Waals surface area contributed by atoms with Crippen LogP contribution >= 0.6 is 0 Å². The van der Waals surface area contributed by atoms with Crippen LogP contribution in [0.2, 0.25) is 0 Å². The summed E-state index contributed by atoms with van der Waals surface area (Å²) in [6, 6.07) is -0.312. The predicted octanol–water partition coefficient (Wildman–Crippen LogP) is 1.69. The summed E-state index contributed by atoms with van der Waals surface area (Å²) in [7, 11) is 0. The van der Waals surface area contributed by atoms with E-state index in [4.69, 9.17) is 14.9 Å². The molecule has 0 spiro atoms. The van der Waals surface area contributed by atoms with Gasteiger partial charge in [0.05, 0.1) is 12.3 Å². The van der Waals surface area contributed by atoms with Crippen LogP contribution in [-0.4, -0.2) is 29.1 Å². The maximum Gasteiger partial charge on any atom is 0.241 e. The summed E-state index contributed by atoms with van der Waals surface area (Å²) in [4.78, 5) is 16.7. The van der Waals surface area contributed by atoms with E-state index in [1.54, 1.807) is 6.20 Å². The maximum absolute atomic E-state index is 12.5. The molecular weight excluding hydrogens is 270 g/mol. The Balaban J connectivity index is 2.04. The second kappa shape index (κ2) is 5.42. The molecule has 0 aliphatic heterocycles. The van der Waals surface area contributed by atoms with Gasteiger partial charge in [-0.2, -0.15) is 0 Å². The molecule has 3 unspecified atom stereocenters. The van der Waals surface area contributed by atoms with Gasteiger partial charge < -0.3 is 20.2 Å². The van der Waals surface area contributed by atoms with Crippen LogP contribution in [0.15, 0.2) is 10.6 Å². The highest BCUT2D eigenvalue weighted by Gasteiger charge is 2.63. The van der Waals surface area contributed by atoms with E-state index in [-0.39, 0.29) is 18.1 Å². The number of oxazole rings is 1. The molecule has 3 atom stereocenters. The van der Waals surface area contributed by atoms with Gasteiger partial charge in [0.2, 0.25) is 11.8 Å². The number of rotatable bonds is 5. The monoisotopic (exact) mass is 295 g/mol. The molecule has 1 amide bonds. The van der Waals surface area contributed by atoms with E-state index < -0.39 is 11.0 Å². The first kappa shape index (κ1) is 16.0. The van der Waals surface area contributed by atoms with E-state index in [0.29, 0.717) is 24.7 Å².